The second-order valence-electron chi connectivity index (χ2n) is 5.76. The second-order valence-corrected chi connectivity index (χ2v) is 6.76. The van der Waals surface area contributed by atoms with Crippen molar-refractivity contribution < 1.29 is 9.53 Å². The van der Waals surface area contributed by atoms with Gasteiger partial charge in [0, 0.05) is 25.3 Å². The minimum atomic E-state index is -0.189. The highest BCUT2D eigenvalue weighted by atomic mass is 32.1. The van der Waals surface area contributed by atoms with Crippen LogP contribution in [0.1, 0.15) is 43.8 Å². The number of carbonyl (C=O) groups excluding carboxylic acids is 1. The van der Waals surface area contributed by atoms with Gasteiger partial charge in [-0.15, -0.1) is 0 Å². The molecule has 0 saturated carbocycles. The van der Waals surface area contributed by atoms with Gasteiger partial charge < -0.3 is 21.1 Å². The Morgan fingerprint density at radius 1 is 1.50 bits per heavy atom. The molecule has 114 valence electrons. The molecule has 0 aliphatic heterocycles. The first-order valence-electron chi connectivity index (χ1n) is 6.57. The molecule has 1 rings (SSSR count). The van der Waals surface area contributed by atoms with E-state index in [1.165, 1.54) is 11.3 Å². The molecule has 0 aliphatic rings. The third-order valence-electron chi connectivity index (χ3n) is 2.47. The fourth-order valence-electron chi connectivity index (χ4n) is 1.53. The highest BCUT2D eigenvalue weighted by Crippen LogP contribution is 2.27. The van der Waals surface area contributed by atoms with Crippen molar-refractivity contribution in [2.24, 2.45) is 0 Å². The molecule has 0 radical (unpaired) electrons. The number of amides is 1. The van der Waals surface area contributed by atoms with Gasteiger partial charge in [-0.3, -0.25) is 4.79 Å². The molecule has 0 aliphatic carbocycles. The number of rotatable bonds is 6. The van der Waals surface area contributed by atoms with E-state index in [1.54, 1.807) is 7.11 Å². The summed E-state index contributed by atoms with van der Waals surface area (Å²) in [5, 5.41) is 6.76. The number of nitrogen functional groups attached to an aromatic ring is 1. The Kier molecular flexibility index (Phi) is 5.76. The zero-order chi connectivity index (χ0) is 15.3. The van der Waals surface area contributed by atoms with E-state index in [-0.39, 0.29) is 23.3 Å². The molecule has 0 fully saturated rings. The van der Waals surface area contributed by atoms with Crippen molar-refractivity contribution >= 4 is 28.2 Å². The highest BCUT2D eigenvalue weighted by Gasteiger charge is 2.20. The summed E-state index contributed by atoms with van der Waals surface area (Å²) in [6.45, 7) is 8.62. The summed E-state index contributed by atoms with van der Waals surface area (Å²) in [6, 6.07) is 0.0305. The Balaban J connectivity index is 2.69. The molecule has 0 aromatic carbocycles. The lowest BCUT2D eigenvalue weighted by atomic mass is 10.1. The molecule has 6 nitrogen and oxygen atoms in total. The first kappa shape index (κ1) is 16.7. The lowest BCUT2D eigenvalue weighted by Crippen LogP contribution is -2.33. The van der Waals surface area contributed by atoms with Crippen LogP contribution < -0.4 is 16.4 Å². The Morgan fingerprint density at radius 2 is 2.15 bits per heavy atom. The van der Waals surface area contributed by atoms with E-state index >= 15 is 0 Å². The quantitative estimate of drug-likeness (QED) is 0.748. The van der Waals surface area contributed by atoms with Gasteiger partial charge in [0.2, 0.25) is 0 Å². The minimum Gasteiger partial charge on any atom is -0.385 e. The van der Waals surface area contributed by atoms with Crippen molar-refractivity contribution in [3.63, 3.8) is 0 Å². The normalized spacial score (nSPS) is 13.1. The number of nitrogens with two attached hydrogens (primary N) is 1. The van der Waals surface area contributed by atoms with Crippen molar-refractivity contribution in [3.8, 4) is 0 Å². The van der Waals surface area contributed by atoms with E-state index in [1.807, 2.05) is 27.7 Å². The van der Waals surface area contributed by atoms with E-state index in [4.69, 9.17) is 10.5 Å². The average molecular weight is 300 g/mol. The number of carbonyl (C=O) groups is 1. The summed E-state index contributed by atoms with van der Waals surface area (Å²) in [6.07, 6.45) is 0.758. The molecule has 20 heavy (non-hydrogen) atoms. The lowest BCUT2D eigenvalue weighted by Gasteiger charge is -2.19. The van der Waals surface area contributed by atoms with Gasteiger partial charge in [-0.2, -0.15) is 0 Å². The van der Waals surface area contributed by atoms with Crippen LogP contribution in [0.2, 0.25) is 0 Å². The van der Waals surface area contributed by atoms with Crippen molar-refractivity contribution in [2.45, 2.75) is 45.7 Å². The van der Waals surface area contributed by atoms with Gasteiger partial charge in [0.1, 0.15) is 10.7 Å². The topological polar surface area (TPSA) is 89.3 Å². The second kappa shape index (κ2) is 6.90. The summed E-state index contributed by atoms with van der Waals surface area (Å²) in [5.41, 5.74) is 5.69. The molecular weight excluding hydrogens is 276 g/mol. The molecule has 7 heteroatoms. The molecule has 1 aromatic heterocycles. The zero-order valence-corrected chi connectivity index (χ0v) is 13.6. The number of ether oxygens (including phenoxy) is 1. The van der Waals surface area contributed by atoms with E-state index in [0.29, 0.717) is 16.6 Å². The number of nitrogens with zero attached hydrogens (tertiary/aromatic N) is 1. The number of aromatic nitrogens is 1. The molecule has 1 unspecified atom stereocenters. The van der Waals surface area contributed by atoms with Crippen molar-refractivity contribution in [1.29, 1.82) is 0 Å². The molecule has 0 spiro atoms. The smallest absolute Gasteiger partial charge is 0.265 e. The Morgan fingerprint density at radius 3 is 2.70 bits per heavy atom. The fourth-order valence-corrected chi connectivity index (χ4v) is 2.52. The van der Waals surface area contributed by atoms with Crippen LogP contribution in [-0.4, -0.2) is 36.2 Å². The van der Waals surface area contributed by atoms with E-state index < -0.39 is 0 Å². The fraction of sp³-hybridized carbons (Fsp3) is 0.692. The summed E-state index contributed by atoms with van der Waals surface area (Å²) in [4.78, 5) is 16.8. The lowest BCUT2D eigenvalue weighted by molar-refractivity contribution is 0.0934. The third-order valence-corrected chi connectivity index (χ3v) is 3.46. The Hall–Kier alpha value is -1.34. The van der Waals surface area contributed by atoms with Crippen molar-refractivity contribution in [2.75, 3.05) is 24.8 Å². The van der Waals surface area contributed by atoms with E-state index in [9.17, 15) is 4.79 Å². The van der Waals surface area contributed by atoms with Gasteiger partial charge in [-0.1, -0.05) is 11.3 Å². The molecule has 4 N–H and O–H groups in total. The Bertz CT molecular complexity index is 454. The third kappa shape index (κ3) is 5.34. The summed E-state index contributed by atoms with van der Waals surface area (Å²) in [7, 11) is 1.64. The maximum Gasteiger partial charge on any atom is 0.265 e. The van der Waals surface area contributed by atoms with Crippen LogP contribution in [0.25, 0.3) is 0 Å². The highest BCUT2D eigenvalue weighted by molar-refractivity contribution is 7.18. The van der Waals surface area contributed by atoms with Gasteiger partial charge in [-0.25, -0.2) is 4.98 Å². The average Bonchev–Trinajstić information content (AvgIpc) is 2.65. The number of hydrogen-bond acceptors (Lipinski definition) is 6. The molecule has 1 aromatic rings. The maximum absolute atomic E-state index is 12.1. The largest absolute Gasteiger partial charge is 0.385 e. The monoisotopic (exact) mass is 300 g/mol. The number of hydrogen-bond donors (Lipinski definition) is 3. The molecule has 0 bridgehead atoms. The Labute approximate surface area is 124 Å². The van der Waals surface area contributed by atoms with Crippen LogP contribution in [0.4, 0.5) is 10.9 Å². The van der Waals surface area contributed by atoms with Crippen LogP contribution in [0.3, 0.4) is 0 Å². The zero-order valence-electron chi connectivity index (χ0n) is 12.7. The van der Waals surface area contributed by atoms with Crippen LogP contribution in [0, 0.1) is 0 Å². The molecule has 0 saturated heterocycles. The van der Waals surface area contributed by atoms with Crippen LogP contribution >= 0.6 is 11.3 Å². The van der Waals surface area contributed by atoms with E-state index in [2.05, 4.69) is 15.6 Å². The minimum absolute atomic E-state index is 0.0305. The first-order valence-corrected chi connectivity index (χ1v) is 7.39. The van der Waals surface area contributed by atoms with Gasteiger partial charge in [-0.05, 0) is 34.1 Å². The number of thiazole rings is 1. The molecule has 1 heterocycles. The molecule has 1 amide bonds. The standard InChI is InChI=1S/C13H24N4O2S/c1-8(6-7-19-5)15-11(18)9-10(14)16-12(20-9)17-13(2,3)4/h8H,6-7,14H2,1-5H3,(H,15,18)(H,16,17). The summed E-state index contributed by atoms with van der Waals surface area (Å²) >= 11 is 1.27. The summed E-state index contributed by atoms with van der Waals surface area (Å²) < 4.78 is 4.99. The predicted molar refractivity (Wildman–Crippen MR) is 83.3 cm³/mol. The van der Waals surface area contributed by atoms with Crippen LogP contribution in [0.5, 0.6) is 0 Å². The number of nitrogens with one attached hydrogen (secondary N) is 2. The van der Waals surface area contributed by atoms with Crippen molar-refractivity contribution in [3.05, 3.63) is 4.88 Å². The van der Waals surface area contributed by atoms with Crippen molar-refractivity contribution in [1.82, 2.24) is 10.3 Å². The van der Waals surface area contributed by atoms with Crippen LogP contribution in [0.15, 0.2) is 0 Å². The molecule has 1 atom stereocenters. The van der Waals surface area contributed by atoms with Gasteiger partial charge in [0.05, 0.1) is 0 Å². The van der Waals surface area contributed by atoms with Gasteiger partial charge >= 0.3 is 0 Å². The summed E-state index contributed by atoms with van der Waals surface area (Å²) in [5.74, 6) is 0.0729. The first-order chi connectivity index (χ1) is 9.23. The predicted octanol–water partition coefficient (Wildman–Crippen LogP) is 2.09. The number of anilines is 2. The molecular formula is C13H24N4O2S. The maximum atomic E-state index is 12.1. The van der Waals surface area contributed by atoms with E-state index in [0.717, 1.165) is 6.42 Å². The van der Waals surface area contributed by atoms with Gasteiger partial charge in [0.25, 0.3) is 5.91 Å². The number of methoxy groups -OCH3 is 1. The SMILES string of the molecule is COCCC(C)NC(=O)c1sc(NC(C)(C)C)nc1N. The van der Waals surface area contributed by atoms with Gasteiger partial charge in [0.15, 0.2) is 5.13 Å². The van der Waals surface area contributed by atoms with Crippen LogP contribution in [-0.2, 0) is 4.74 Å².